The average Bonchev–Trinajstić information content (AvgIpc) is 2.91. The van der Waals surface area contributed by atoms with Gasteiger partial charge in [-0.25, -0.2) is 0 Å². The summed E-state index contributed by atoms with van der Waals surface area (Å²) in [4.78, 5) is 35.8. The molecule has 2 rings (SSSR count). The highest BCUT2D eigenvalue weighted by Gasteiger charge is 2.40. The van der Waals surface area contributed by atoms with E-state index in [2.05, 4.69) is 5.32 Å². The Morgan fingerprint density at radius 2 is 1.90 bits per heavy atom. The van der Waals surface area contributed by atoms with Gasteiger partial charge in [0.1, 0.15) is 0 Å². The van der Waals surface area contributed by atoms with Crippen molar-refractivity contribution in [1.82, 2.24) is 10.2 Å². The zero-order chi connectivity index (χ0) is 15.4. The molecule has 0 bridgehead atoms. The van der Waals surface area contributed by atoms with Crippen LogP contribution in [-0.2, 0) is 14.4 Å². The summed E-state index contributed by atoms with van der Waals surface area (Å²) in [6, 6.07) is 9.34. The fraction of sp³-hybridized carbons (Fsp3) is 0.400. The lowest BCUT2D eigenvalue weighted by atomic mass is 9.89. The molecule has 1 aromatic carbocycles. The van der Waals surface area contributed by atoms with Gasteiger partial charge in [0.25, 0.3) is 0 Å². The highest BCUT2D eigenvalue weighted by atomic mass is 16.4. The van der Waals surface area contributed by atoms with Crippen molar-refractivity contribution < 1.29 is 19.5 Å². The van der Waals surface area contributed by atoms with Crippen LogP contribution in [0, 0.1) is 5.92 Å². The summed E-state index contributed by atoms with van der Waals surface area (Å²) in [5.74, 6) is -2.27. The second-order valence-corrected chi connectivity index (χ2v) is 5.17. The summed E-state index contributed by atoms with van der Waals surface area (Å²) in [7, 11) is 0. The van der Waals surface area contributed by atoms with E-state index in [1.54, 1.807) is 0 Å². The molecular weight excluding hydrogens is 272 g/mol. The summed E-state index contributed by atoms with van der Waals surface area (Å²) < 4.78 is 0. The second kappa shape index (κ2) is 6.39. The molecule has 1 saturated heterocycles. The summed E-state index contributed by atoms with van der Waals surface area (Å²) in [6.45, 7) is 1.78. The van der Waals surface area contributed by atoms with Crippen molar-refractivity contribution in [2.75, 3.05) is 19.6 Å². The third kappa shape index (κ3) is 3.59. The molecule has 1 heterocycles. The fourth-order valence-corrected chi connectivity index (χ4v) is 2.61. The van der Waals surface area contributed by atoms with Gasteiger partial charge < -0.3 is 15.3 Å². The molecule has 2 atom stereocenters. The number of carbonyl (C=O) groups is 3. The van der Waals surface area contributed by atoms with Crippen LogP contribution in [0.25, 0.3) is 0 Å². The number of benzene rings is 1. The molecule has 1 aliphatic rings. The van der Waals surface area contributed by atoms with Crippen molar-refractivity contribution in [3.05, 3.63) is 35.9 Å². The Hall–Kier alpha value is -2.37. The molecule has 1 aliphatic heterocycles. The molecule has 2 amide bonds. The minimum atomic E-state index is -0.904. The molecule has 0 saturated carbocycles. The van der Waals surface area contributed by atoms with Crippen LogP contribution in [0.3, 0.4) is 0 Å². The van der Waals surface area contributed by atoms with Crippen LogP contribution >= 0.6 is 0 Å². The topological polar surface area (TPSA) is 86.7 Å². The van der Waals surface area contributed by atoms with Gasteiger partial charge in [0.05, 0.1) is 12.5 Å². The van der Waals surface area contributed by atoms with Crippen LogP contribution in [-0.4, -0.2) is 47.4 Å². The van der Waals surface area contributed by atoms with Gasteiger partial charge in [-0.15, -0.1) is 0 Å². The number of carboxylic acid groups (broad SMARTS) is 1. The monoisotopic (exact) mass is 290 g/mol. The van der Waals surface area contributed by atoms with E-state index in [9.17, 15) is 19.5 Å². The number of amides is 2. The first-order valence-electron chi connectivity index (χ1n) is 6.79. The molecular formula is C15H18N2O4. The first-order valence-corrected chi connectivity index (χ1v) is 6.79. The van der Waals surface area contributed by atoms with Gasteiger partial charge >= 0.3 is 5.97 Å². The van der Waals surface area contributed by atoms with Crippen molar-refractivity contribution >= 4 is 17.8 Å². The van der Waals surface area contributed by atoms with Crippen LogP contribution in [0.5, 0.6) is 0 Å². The van der Waals surface area contributed by atoms with Crippen molar-refractivity contribution in [2.45, 2.75) is 12.8 Å². The summed E-state index contributed by atoms with van der Waals surface area (Å²) in [5.41, 5.74) is 0.916. The van der Waals surface area contributed by atoms with E-state index in [1.807, 2.05) is 30.3 Å². The molecule has 112 valence electrons. The number of hydrogen-bond donors (Lipinski definition) is 2. The number of rotatable bonds is 4. The zero-order valence-corrected chi connectivity index (χ0v) is 11.8. The number of nitrogens with one attached hydrogen (secondary N) is 1. The molecule has 6 nitrogen and oxygen atoms in total. The van der Waals surface area contributed by atoms with Crippen molar-refractivity contribution in [1.29, 1.82) is 0 Å². The summed E-state index contributed by atoms with van der Waals surface area (Å²) >= 11 is 0. The third-order valence-corrected chi connectivity index (χ3v) is 3.71. The molecule has 0 radical (unpaired) electrons. The van der Waals surface area contributed by atoms with E-state index in [0.29, 0.717) is 6.54 Å². The van der Waals surface area contributed by atoms with E-state index in [0.717, 1.165) is 5.56 Å². The lowest BCUT2D eigenvalue weighted by Gasteiger charge is -2.16. The maximum absolute atomic E-state index is 12.0. The Bertz CT molecular complexity index is 544. The molecule has 1 fully saturated rings. The number of likely N-dealkylation sites (tertiary alicyclic amines) is 1. The number of hydrogen-bond acceptors (Lipinski definition) is 3. The number of carbonyl (C=O) groups excluding carboxylic acids is 2. The molecule has 1 aromatic rings. The van der Waals surface area contributed by atoms with Gasteiger partial charge in [-0.2, -0.15) is 0 Å². The lowest BCUT2D eigenvalue weighted by molar-refractivity contribution is -0.142. The Labute approximate surface area is 122 Å². The Kier molecular flexibility index (Phi) is 4.57. The second-order valence-electron chi connectivity index (χ2n) is 5.17. The third-order valence-electron chi connectivity index (χ3n) is 3.71. The quantitative estimate of drug-likeness (QED) is 0.843. The number of nitrogens with zero attached hydrogens (tertiary/aromatic N) is 1. The van der Waals surface area contributed by atoms with Crippen molar-refractivity contribution in [2.24, 2.45) is 5.92 Å². The molecule has 0 aromatic heterocycles. The molecule has 6 heteroatoms. The molecule has 21 heavy (non-hydrogen) atoms. The molecule has 0 spiro atoms. The first-order chi connectivity index (χ1) is 9.99. The first kappa shape index (κ1) is 15.0. The smallest absolute Gasteiger partial charge is 0.308 e. The zero-order valence-electron chi connectivity index (χ0n) is 11.8. The predicted molar refractivity (Wildman–Crippen MR) is 75.6 cm³/mol. The highest BCUT2D eigenvalue weighted by molar-refractivity contribution is 5.85. The van der Waals surface area contributed by atoms with Gasteiger partial charge in [0, 0.05) is 25.9 Å². The van der Waals surface area contributed by atoms with E-state index in [-0.39, 0.29) is 30.8 Å². The van der Waals surface area contributed by atoms with E-state index >= 15 is 0 Å². The highest BCUT2D eigenvalue weighted by Crippen LogP contribution is 2.32. The summed E-state index contributed by atoms with van der Waals surface area (Å²) in [5, 5.41) is 11.8. The molecule has 0 aliphatic carbocycles. The van der Waals surface area contributed by atoms with Crippen molar-refractivity contribution in [3.63, 3.8) is 0 Å². The largest absolute Gasteiger partial charge is 0.481 e. The van der Waals surface area contributed by atoms with Crippen LogP contribution in [0.15, 0.2) is 30.3 Å². The Morgan fingerprint density at radius 3 is 2.48 bits per heavy atom. The number of aliphatic carboxylic acids is 1. The number of carboxylic acids is 1. The van der Waals surface area contributed by atoms with Gasteiger partial charge in [-0.3, -0.25) is 14.4 Å². The minimum absolute atomic E-state index is 0.0941. The van der Waals surface area contributed by atoms with E-state index < -0.39 is 11.9 Å². The average molecular weight is 290 g/mol. The van der Waals surface area contributed by atoms with E-state index in [1.165, 1.54) is 11.8 Å². The van der Waals surface area contributed by atoms with Crippen LogP contribution < -0.4 is 5.32 Å². The standard InChI is InChI=1S/C15H18N2O4/c1-10(18)16-7-14(19)17-8-12(13(9-17)15(20)21)11-5-3-2-4-6-11/h2-6,12-13H,7-9H2,1H3,(H,16,18)(H,20,21)/t12-,13-/m0/s1. The van der Waals surface area contributed by atoms with Gasteiger partial charge in [-0.05, 0) is 5.56 Å². The van der Waals surface area contributed by atoms with Crippen LogP contribution in [0.4, 0.5) is 0 Å². The Morgan fingerprint density at radius 1 is 1.24 bits per heavy atom. The van der Waals surface area contributed by atoms with Crippen LogP contribution in [0.2, 0.25) is 0 Å². The SMILES string of the molecule is CC(=O)NCC(=O)N1C[C@H](C(=O)O)[C@H](c2ccccc2)C1. The normalized spacial score (nSPS) is 21.1. The minimum Gasteiger partial charge on any atom is -0.481 e. The predicted octanol–water partition coefficient (Wildman–Crippen LogP) is 0.449. The van der Waals surface area contributed by atoms with Gasteiger partial charge in [0.2, 0.25) is 11.8 Å². The Balaban J connectivity index is 2.10. The maximum Gasteiger partial charge on any atom is 0.308 e. The van der Waals surface area contributed by atoms with Gasteiger partial charge in [-0.1, -0.05) is 30.3 Å². The van der Waals surface area contributed by atoms with Gasteiger partial charge in [0.15, 0.2) is 0 Å². The summed E-state index contributed by atoms with van der Waals surface area (Å²) in [6.07, 6.45) is 0. The lowest BCUT2D eigenvalue weighted by Crippen LogP contribution is -2.38. The fourth-order valence-electron chi connectivity index (χ4n) is 2.61. The van der Waals surface area contributed by atoms with E-state index in [4.69, 9.17) is 0 Å². The van der Waals surface area contributed by atoms with Crippen molar-refractivity contribution in [3.8, 4) is 0 Å². The molecule has 0 unspecified atom stereocenters. The maximum atomic E-state index is 12.0. The molecule has 2 N–H and O–H groups in total. The van der Waals surface area contributed by atoms with Crippen LogP contribution in [0.1, 0.15) is 18.4 Å².